The van der Waals surface area contributed by atoms with E-state index in [0.29, 0.717) is 24.3 Å². The van der Waals surface area contributed by atoms with Crippen molar-refractivity contribution in [2.24, 2.45) is 0 Å². The van der Waals surface area contributed by atoms with Crippen molar-refractivity contribution >= 4 is 17.6 Å². The Labute approximate surface area is 123 Å². The van der Waals surface area contributed by atoms with E-state index in [2.05, 4.69) is 10.3 Å². The van der Waals surface area contributed by atoms with Gasteiger partial charge in [0.15, 0.2) is 0 Å². The van der Waals surface area contributed by atoms with Crippen LogP contribution in [0.15, 0.2) is 48.8 Å². The number of rotatable bonds is 5. The molecule has 1 heterocycles. The highest BCUT2D eigenvalue weighted by molar-refractivity contribution is 5.88. The fourth-order valence-corrected chi connectivity index (χ4v) is 1.78. The molecule has 0 spiro atoms. The first kappa shape index (κ1) is 14.7. The standard InChI is InChI=1S/C16H16N2O3/c1-12(19)18-14-5-7-15(8-6-14)21-16(20)9-4-13-3-2-10-17-11-13/h2-3,5-8,10-11H,4,9H2,1H3,(H,18,19). The van der Waals surface area contributed by atoms with E-state index < -0.39 is 0 Å². The Hall–Kier alpha value is -2.69. The van der Waals surface area contributed by atoms with E-state index in [9.17, 15) is 9.59 Å². The van der Waals surface area contributed by atoms with Crippen molar-refractivity contribution in [3.63, 3.8) is 0 Å². The van der Waals surface area contributed by atoms with Crippen molar-refractivity contribution in [2.45, 2.75) is 19.8 Å². The van der Waals surface area contributed by atoms with E-state index in [1.807, 2.05) is 12.1 Å². The summed E-state index contributed by atoms with van der Waals surface area (Å²) in [5.41, 5.74) is 1.66. The van der Waals surface area contributed by atoms with Crippen molar-refractivity contribution in [1.82, 2.24) is 4.98 Å². The molecule has 1 amide bonds. The van der Waals surface area contributed by atoms with Gasteiger partial charge >= 0.3 is 5.97 Å². The van der Waals surface area contributed by atoms with Gasteiger partial charge < -0.3 is 10.1 Å². The van der Waals surface area contributed by atoms with Gasteiger partial charge in [0.05, 0.1) is 6.42 Å². The molecular weight excluding hydrogens is 268 g/mol. The predicted molar refractivity (Wildman–Crippen MR) is 78.9 cm³/mol. The van der Waals surface area contributed by atoms with Crippen molar-refractivity contribution in [2.75, 3.05) is 5.32 Å². The Morgan fingerprint density at radius 3 is 2.57 bits per heavy atom. The number of esters is 1. The molecule has 1 aromatic carbocycles. The maximum Gasteiger partial charge on any atom is 0.311 e. The van der Waals surface area contributed by atoms with Gasteiger partial charge in [-0.05, 0) is 42.3 Å². The Morgan fingerprint density at radius 2 is 1.95 bits per heavy atom. The third-order valence-electron chi connectivity index (χ3n) is 2.75. The zero-order valence-electron chi connectivity index (χ0n) is 11.7. The highest BCUT2D eigenvalue weighted by atomic mass is 16.5. The molecule has 2 rings (SSSR count). The van der Waals surface area contributed by atoms with Crippen LogP contribution in [0.2, 0.25) is 0 Å². The Morgan fingerprint density at radius 1 is 1.19 bits per heavy atom. The Kier molecular flexibility index (Phi) is 5.04. The van der Waals surface area contributed by atoms with Gasteiger partial charge in [0.25, 0.3) is 0 Å². The van der Waals surface area contributed by atoms with Gasteiger partial charge in [-0.2, -0.15) is 0 Å². The number of hydrogen-bond donors (Lipinski definition) is 1. The first-order valence-corrected chi connectivity index (χ1v) is 6.61. The van der Waals surface area contributed by atoms with Gasteiger partial charge in [0.1, 0.15) is 5.75 Å². The SMILES string of the molecule is CC(=O)Nc1ccc(OC(=O)CCc2cccnc2)cc1. The summed E-state index contributed by atoms with van der Waals surface area (Å²) in [6.45, 7) is 1.44. The lowest BCUT2D eigenvalue weighted by molar-refractivity contribution is -0.134. The molecule has 0 saturated carbocycles. The van der Waals surface area contributed by atoms with Crippen LogP contribution in [0, 0.1) is 0 Å². The van der Waals surface area contributed by atoms with Crippen LogP contribution in [0.25, 0.3) is 0 Å². The lowest BCUT2D eigenvalue weighted by Crippen LogP contribution is -2.09. The lowest BCUT2D eigenvalue weighted by Gasteiger charge is -2.06. The number of aryl methyl sites for hydroxylation is 1. The minimum Gasteiger partial charge on any atom is -0.427 e. The molecule has 0 aliphatic carbocycles. The number of hydrogen-bond acceptors (Lipinski definition) is 4. The minimum absolute atomic E-state index is 0.142. The largest absolute Gasteiger partial charge is 0.427 e. The molecule has 0 aliphatic heterocycles. The smallest absolute Gasteiger partial charge is 0.311 e. The maximum atomic E-state index is 11.7. The normalized spacial score (nSPS) is 9.95. The summed E-state index contributed by atoms with van der Waals surface area (Å²) in [6, 6.07) is 10.4. The molecule has 0 unspecified atom stereocenters. The minimum atomic E-state index is -0.300. The second-order valence-corrected chi connectivity index (χ2v) is 4.54. The van der Waals surface area contributed by atoms with Gasteiger partial charge in [-0.15, -0.1) is 0 Å². The highest BCUT2D eigenvalue weighted by Gasteiger charge is 2.06. The molecule has 0 bridgehead atoms. The van der Waals surface area contributed by atoms with Crippen molar-refractivity contribution in [3.05, 3.63) is 54.4 Å². The topological polar surface area (TPSA) is 68.3 Å². The molecule has 2 aromatic rings. The number of ether oxygens (including phenoxy) is 1. The number of nitrogens with one attached hydrogen (secondary N) is 1. The Balaban J connectivity index is 1.83. The van der Waals surface area contributed by atoms with Gasteiger partial charge in [-0.25, -0.2) is 0 Å². The average molecular weight is 284 g/mol. The quantitative estimate of drug-likeness (QED) is 0.677. The molecule has 108 valence electrons. The second-order valence-electron chi connectivity index (χ2n) is 4.54. The van der Waals surface area contributed by atoms with E-state index in [1.165, 1.54) is 6.92 Å². The predicted octanol–water partition coefficient (Wildman–Crippen LogP) is 2.58. The summed E-state index contributed by atoms with van der Waals surface area (Å²) in [4.78, 5) is 26.6. The molecular formula is C16H16N2O3. The van der Waals surface area contributed by atoms with E-state index in [-0.39, 0.29) is 11.9 Å². The fraction of sp³-hybridized carbons (Fsp3) is 0.188. The number of aromatic nitrogens is 1. The van der Waals surface area contributed by atoms with Gasteiger partial charge in [-0.1, -0.05) is 6.07 Å². The molecule has 0 aliphatic rings. The van der Waals surface area contributed by atoms with Crippen LogP contribution < -0.4 is 10.1 Å². The third-order valence-corrected chi connectivity index (χ3v) is 2.75. The van der Waals surface area contributed by atoms with Crippen LogP contribution in [0.3, 0.4) is 0 Å². The molecule has 0 fully saturated rings. The monoisotopic (exact) mass is 284 g/mol. The molecule has 0 saturated heterocycles. The molecule has 0 radical (unpaired) electrons. The number of amides is 1. The first-order valence-electron chi connectivity index (χ1n) is 6.61. The molecule has 1 N–H and O–H groups in total. The highest BCUT2D eigenvalue weighted by Crippen LogP contribution is 2.16. The van der Waals surface area contributed by atoms with Crippen molar-refractivity contribution in [3.8, 4) is 5.75 Å². The van der Waals surface area contributed by atoms with E-state index in [4.69, 9.17) is 4.74 Å². The average Bonchev–Trinajstić information content (AvgIpc) is 2.48. The summed E-state index contributed by atoms with van der Waals surface area (Å²) in [5.74, 6) is 0.0163. The van der Waals surface area contributed by atoms with Gasteiger partial charge in [0.2, 0.25) is 5.91 Å². The fourth-order valence-electron chi connectivity index (χ4n) is 1.78. The summed E-state index contributed by atoms with van der Waals surface area (Å²) < 4.78 is 5.22. The maximum absolute atomic E-state index is 11.7. The summed E-state index contributed by atoms with van der Waals surface area (Å²) in [6.07, 6.45) is 4.31. The van der Waals surface area contributed by atoms with Crippen molar-refractivity contribution < 1.29 is 14.3 Å². The number of carbonyl (C=O) groups is 2. The van der Waals surface area contributed by atoms with E-state index >= 15 is 0 Å². The second kappa shape index (κ2) is 7.19. The van der Waals surface area contributed by atoms with E-state index in [1.54, 1.807) is 36.7 Å². The van der Waals surface area contributed by atoms with Crippen LogP contribution in [0.4, 0.5) is 5.69 Å². The zero-order valence-corrected chi connectivity index (χ0v) is 11.7. The zero-order chi connectivity index (χ0) is 15.1. The van der Waals surface area contributed by atoms with Crippen LogP contribution in [-0.2, 0) is 16.0 Å². The number of anilines is 1. The summed E-state index contributed by atoms with van der Waals surface area (Å²) in [5, 5.41) is 2.65. The van der Waals surface area contributed by atoms with E-state index in [0.717, 1.165) is 5.56 Å². The van der Waals surface area contributed by atoms with Crippen molar-refractivity contribution in [1.29, 1.82) is 0 Å². The number of benzene rings is 1. The Bertz CT molecular complexity index is 609. The summed E-state index contributed by atoms with van der Waals surface area (Å²) >= 11 is 0. The molecule has 0 atom stereocenters. The number of carbonyl (C=O) groups excluding carboxylic acids is 2. The van der Waals surface area contributed by atoms with Gasteiger partial charge in [0, 0.05) is 25.0 Å². The molecule has 21 heavy (non-hydrogen) atoms. The number of nitrogens with zero attached hydrogens (tertiary/aromatic N) is 1. The lowest BCUT2D eigenvalue weighted by atomic mass is 10.2. The third kappa shape index (κ3) is 5.06. The first-order chi connectivity index (χ1) is 10.1. The van der Waals surface area contributed by atoms with Crippen LogP contribution >= 0.6 is 0 Å². The van der Waals surface area contributed by atoms with Crippen LogP contribution in [0.1, 0.15) is 18.9 Å². The molecule has 1 aromatic heterocycles. The molecule has 5 heteroatoms. The molecule has 5 nitrogen and oxygen atoms in total. The van der Waals surface area contributed by atoms with Crippen LogP contribution in [0.5, 0.6) is 5.75 Å². The summed E-state index contributed by atoms with van der Waals surface area (Å²) in [7, 11) is 0. The van der Waals surface area contributed by atoms with Crippen LogP contribution in [-0.4, -0.2) is 16.9 Å². The van der Waals surface area contributed by atoms with Gasteiger partial charge in [-0.3, -0.25) is 14.6 Å². The number of pyridine rings is 1.